The number of anilines is 1. The molecule has 0 spiro atoms. The molecule has 13 nitrogen and oxygen atoms in total. The van der Waals surface area contributed by atoms with Gasteiger partial charge in [-0.3, -0.25) is 38.6 Å². The monoisotopic (exact) mass is 868 g/mol. The second kappa shape index (κ2) is 18.9. The number of carbonyl (C=O) groups is 6. The van der Waals surface area contributed by atoms with Crippen molar-refractivity contribution in [2.75, 3.05) is 25.5 Å². The summed E-state index contributed by atoms with van der Waals surface area (Å²) in [4.78, 5) is 78.8. The van der Waals surface area contributed by atoms with Crippen LogP contribution in [0.25, 0.3) is 22.0 Å². The van der Waals surface area contributed by atoms with Gasteiger partial charge in [-0.15, -0.1) is 0 Å². The fraction of sp³-hybridized carbons (Fsp3) is 0.413. The Kier molecular flexibility index (Phi) is 13.4. The number of thiocarbonyl (C=S) groups is 1. The van der Waals surface area contributed by atoms with Gasteiger partial charge in [0.1, 0.15) is 16.8 Å². The number of nitrogens with two attached hydrogens (primary N) is 1. The summed E-state index contributed by atoms with van der Waals surface area (Å²) in [5.41, 5.74) is 10.1. The number of likely N-dealkylation sites (tertiary alicyclic amines) is 1. The van der Waals surface area contributed by atoms with Crippen LogP contribution in [0.5, 0.6) is 5.75 Å². The van der Waals surface area contributed by atoms with Crippen molar-refractivity contribution in [1.29, 1.82) is 0 Å². The van der Waals surface area contributed by atoms with Crippen LogP contribution in [0.2, 0.25) is 0 Å². The molecule has 7 rings (SSSR count). The molecule has 3 aromatic carbocycles. The lowest BCUT2D eigenvalue weighted by atomic mass is 9.92. The number of imide groups is 2. The average Bonchev–Trinajstić information content (AvgIpc) is 3.75. The number of nitrogens with zero attached hydrogens (tertiary/aromatic N) is 3. The van der Waals surface area contributed by atoms with Gasteiger partial charge in [0.25, 0.3) is 23.6 Å². The molecule has 2 fully saturated rings. The largest absolute Gasteiger partial charge is 0.483 e. The SMILES string of the molecule is CN1C(=O)CCC(N2C(=O)c3cccc(OCC(=O)NCCCCCCCCC(=O)Nc4ccc5c(-c6cccc(C(N)=S)c6)cn(C6CCC(F)(F)CC6)c5c4)c3C2=O)C1=O. The van der Waals surface area contributed by atoms with Crippen LogP contribution in [0, 0.1) is 0 Å². The van der Waals surface area contributed by atoms with Crippen molar-refractivity contribution in [2.45, 2.75) is 101 Å². The zero-order valence-electron chi connectivity index (χ0n) is 34.6. The quantitative estimate of drug-likeness (QED) is 0.0559. The summed E-state index contributed by atoms with van der Waals surface area (Å²) in [7, 11) is 1.32. The fourth-order valence-electron chi connectivity index (χ4n) is 8.58. The number of nitrogens with one attached hydrogen (secondary N) is 2. The zero-order valence-corrected chi connectivity index (χ0v) is 35.4. The molecule has 1 saturated heterocycles. The first-order valence-corrected chi connectivity index (χ1v) is 21.6. The molecule has 1 aliphatic carbocycles. The molecule has 3 heterocycles. The van der Waals surface area contributed by atoms with E-state index in [1.54, 1.807) is 0 Å². The van der Waals surface area contributed by atoms with Crippen molar-refractivity contribution in [3.05, 3.63) is 83.6 Å². The number of amides is 6. The molecule has 0 bridgehead atoms. The van der Waals surface area contributed by atoms with Crippen LogP contribution in [-0.2, 0) is 19.2 Å². The molecule has 3 aliphatic rings. The van der Waals surface area contributed by atoms with E-state index >= 15 is 0 Å². The molecular weight excluding hydrogens is 819 g/mol. The smallest absolute Gasteiger partial charge is 0.266 e. The van der Waals surface area contributed by atoms with E-state index < -0.39 is 35.6 Å². The Morgan fingerprint density at radius 3 is 2.35 bits per heavy atom. The number of hydrogen-bond acceptors (Lipinski definition) is 8. The van der Waals surface area contributed by atoms with Crippen molar-refractivity contribution in [1.82, 2.24) is 19.7 Å². The molecular formula is C46H50F2N6O7S. The molecule has 1 unspecified atom stereocenters. The highest BCUT2D eigenvalue weighted by Crippen LogP contribution is 2.42. The Bertz CT molecular complexity index is 2430. The van der Waals surface area contributed by atoms with Crippen molar-refractivity contribution in [2.24, 2.45) is 5.73 Å². The molecule has 1 atom stereocenters. The first-order valence-electron chi connectivity index (χ1n) is 21.2. The molecule has 16 heteroatoms. The summed E-state index contributed by atoms with van der Waals surface area (Å²) < 4.78 is 36.0. The minimum Gasteiger partial charge on any atom is -0.483 e. The highest BCUT2D eigenvalue weighted by Gasteiger charge is 2.47. The Hall–Kier alpha value is -6.03. The van der Waals surface area contributed by atoms with Crippen molar-refractivity contribution >= 4 is 69.2 Å². The van der Waals surface area contributed by atoms with Gasteiger partial charge in [-0.1, -0.05) is 68.2 Å². The third kappa shape index (κ3) is 9.70. The van der Waals surface area contributed by atoms with E-state index in [1.807, 2.05) is 48.7 Å². The first kappa shape index (κ1) is 44.0. The standard InChI is InChI=1S/C46H50F2N6O7S/c1-52-40(57)18-17-35(44(52)59)54-43(58)33-12-9-13-37(41(33)45(54)60)61-27-39(56)50-23-7-5-3-2-4-6-14-38(55)51-30-15-16-32-34(28-10-8-11-29(24-28)42(49)62)26-53(36(32)25-30)31-19-21-46(47,48)22-20-31/h8-13,15-16,24-26,31,35H,2-7,14,17-23,27H2,1H3,(H2,49,62)(H,50,56)(H,51,55). The molecule has 4 aromatic rings. The van der Waals surface area contributed by atoms with Crippen LogP contribution in [0.1, 0.15) is 116 Å². The number of alkyl halides is 2. The van der Waals surface area contributed by atoms with Crippen LogP contribution in [0.15, 0.2) is 66.9 Å². The van der Waals surface area contributed by atoms with E-state index in [9.17, 15) is 37.5 Å². The van der Waals surface area contributed by atoms with Crippen LogP contribution >= 0.6 is 12.2 Å². The number of carbonyl (C=O) groups excluding carboxylic acids is 6. The van der Waals surface area contributed by atoms with Crippen molar-refractivity contribution in [3.63, 3.8) is 0 Å². The maximum Gasteiger partial charge on any atom is 0.266 e. The summed E-state index contributed by atoms with van der Waals surface area (Å²) in [6.45, 7) is 0.0533. The summed E-state index contributed by atoms with van der Waals surface area (Å²) in [6.07, 6.45) is 7.83. The number of unbranched alkanes of at least 4 members (excludes halogenated alkanes) is 5. The fourth-order valence-corrected chi connectivity index (χ4v) is 8.71. The molecule has 4 N–H and O–H groups in total. The Balaban J connectivity index is 0.825. The van der Waals surface area contributed by atoms with Crippen molar-refractivity contribution in [3.8, 4) is 16.9 Å². The predicted octanol–water partition coefficient (Wildman–Crippen LogP) is 7.30. The Morgan fingerprint density at radius 2 is 1.60 bits per heavy atom. The number of ether oxygens (including phenoxy) is 1. The van der Waals surface area contributed by atoms with Crippen LogP contribution in [-0.4, -0.2) is 87.0 Å². The number of benzene rings is 3. The Labute approximate surface area is 363 Å². The average molecular weight is 869 g/mol. The molecule has 1 aromatic heterocycles. The number of fused-ring (bicyclic) bond motifs is 2. The highest BCUT2D eigenvalue weighted by molar-refractivity contribution is 7.80. The second-order valence-corrected chi connectivity index (χ2v) is 16.7. The summed E-state index contributed by atoms with van der Waals surface area (Å²) in [5.74, 6) is -5.43. The topological polar surface area (TPSA) is 173 Å². The van der Waals surface area contributed by atoms with Gasteiger partial charge in [-0.2, -0.15) is 0 Å². The summed E-state index contributed by atoms with van der Waals surface area (Å²) in [5, 5.41) is 6.77. The van der Waals surface area contributed by atoms with Gasteiger partial charge in [0.05, 0.1) is 16.6 Å². The number of halogens is 2. The number of aromatic nitrogens is 1. The van der Waals surface area contributed by atoms with Gasteiger partial charge in [-0.05, 0) is 68.0 Å². The maximum absolute atomic E-state index is 14.1. The predicted molar refractivity (Wildman–Crippen MR) is 233 cm³/mol. The number of likely N-dealkylation sites (N-methyl/N-ethyl adjacent to an activating group) is 1. The first-order chi connectivity index (χ1) is 29.7. The normalized spacial score (nSPS) is 17.7. The molecule has 0 radical (unpaired) electrons. The lowest BCUT2D eigenvalue weighted by Gasteiger charge is -2.32. The van der Waals surface area contributed by atoms with Gasteiger partial charge >= 0.3 is 0 Å². The molecule has 2 aliphatic heterocycles. The van der Waals surface area contributed by atoms with E-state index in [-0.39, 0.29) is 72.0 Å². The van der Waals surface area contributed by atoms with E-state index in [4.69, 9.17) is 22.7 Å². The van der Waals surface area contributed by atoms with E-state index in [1.165, 1.54) is 25.2 Å². The number of hydrogen-bond donors (Lipinski definition) is 3. The number of rotatable bonds is 17. The zero-order chi connectivity index (χ0) is 44.1. The highest BCUT2D eigenvalue weighted by atomic mass is 32.1. The minimum absolute atomic E-state index is 0.0120. The molecule has 62 heavy (non-hydrogen) atoms. The maximum atomic E-state index is 14.1. The van der Waals surface area contributed by atoms with Crippen LogP contribution in [0.4, 0.5) is 14.5 Å². The van der Waals surface area contributed by atoms with Crippen LogP contribution in [0.3, 0.4) is 0 Å². The van der Waals surface area contributed by atoms with E-state index in [0.717, 1.165) is 69.5 Å². The van der Waals surface area contributed by atoms with E-state index in [2.05, 4.69) is 15.2 Å². The lowest BCUT2D eigenvalue weighted by molar-refractivity contribution is -0.149. The summed E-state index contributed by atoms with van der Waals surface area (Å²) in [6, 6.07) is 16.7. The van der Waals surface area contributed by atoms with Gasteiger partial charge < -0.3 is 25.7 Å². The summed E-state index contributed by atoms with van der Waals surface area (Å²) >= 11 is 5.20. The third-order valence-corrected chi connectivity index (χ3v) is 12.2. The van der Waals surface area contributed by atoms with Gasteiger partial charge in [-0.25, -0.2) is 8.78 Å². The Morgan fingerprint density at radius 1 is 0.871 bits per heavy atom. The minimum atomic E-state index is -2.66. The van der Waals surface area contributed by atoms with Crippen molar-refractivity contribution < 1.29 is 42.3 Å². The molecule has 1 saturated carbocycles. The van der Waals surface area contributed by atoms with Gasteiger partial charge in [0, 0.05) is 73.7 Å². The van der Waals surface area contributed by atoms with Crippen LogP contribution < -0.4 is 21.1 Å². The van der Waals surface area contributed by atoms with E-state index in [0.29, 0.717) is 37.9 Å². The third-order valence-electron chi connectivity index (χ3n) is 12.0. The lowest BCUT2D eigenvalue weighted by Crippen LogP contribution is -2.54. The number of piperidine rings is 1. The molecule has 6 amide bonds. The van der Waals surface area contributed by atoms with Gasteiger partial charge in [0.15, 0.2) is 6.61 Å². The second-order valence-electron chi connectivity index (χ2n) is 16.3. The molecule has 326 valence electrons. The van der Waals surface area contributed by atoms with Gasteiger partial charge in [0.2, 0.25) is 17.7 Å².